The van der Waals surface area contributed by atoms with Gasteiger partial charge in [0.25, 0.3) is 0 Å². The van der Waals surface area contributed by atoms with Crippen molar-refractivity contribution in [2.75, 3.05) is 6.61 Å². The van der Waals surface area contributed by atoms with Crippen LogP contribution in [0.25, 0.3) is 6.08 Å². The quantitative estimate of drug-likeness (QED) is 0.103. The summed E-state index contributed by atoms with van der Waals surface area (Å²) in [6.07, 6.45) is 3.43. The first kappa shape index (κ1) is 28.8. The number of unbranched alkanes of at least 4 members (excludes halogenated alkanes) is 1. The zero-order chi connectivity index (χ0) is 27.4. The smallest absolute Gasteiger partial charge is 0.434 e. The first-order chi connectivity index (χ1) is 17.6. The Morgan fingerprint density at radius 3 is 2.32 bits per heavy atom. The number of carbonyl (C=O) groups is 4. The second-order valence-corrected chi connectivity index (χ2v) is 8.04. The van der Waals surface area contributed by atoms with E-state index in [1.807, 2.05) is 6.92 Å². The van der Waals surface area contributed by atoms with Crippen LogP contribution in [0.4, 0.5) is 4.79 Å². The van der Waals surface area contributed by atoms with E-state index in [-0.39, 0.29) is 12.4 Å². The molecule has 0 aliphatic rings. The molecule has 10 heteroatoms. The van der Waals surface area contributed by atoms with Crippen LogP contribution in [-0.2, 0) is 19.1 Å². The molecule has 1 atom stereocenters. The maximum absolute atomic E-state index is 12.5. The molecule has 0 saturated heterocycles. The second-order valence-electron chi connectivity index (χ2n) is 8.04. The third-order valence-corrected chi connectivity index (χ3v) is 5.19. The van der Waals surface area contributed by atoms with Crippen molar-refractivity contribution in [1.82, 2.24) is 5.32 Å². The standard InChI is InChI=1S/C27H31N3O7/c1-4-6-7-22(26(33)37-27(34)35-5-2)30-23(31)15-12-18-8-9-20(16-17(18)3)25(32)36-21-13-10-19(11-14-21)24(28)29/h8-16,22H,4-7H2,1-3H3,(H3,28,29)(H,30,31)/b15-12+. The number of hydrogen-bond acceptors (Lipinski definition) is 8. The van der Waals surface area contributed by atoms with E-state index in [0.29, 0.717) is 35.3 Å². The fourth-order valence-corrected chi connectivity index (χ4v) is 3.20. The molecule has 1 amide bonds. The van der Waals surface area contributed by atoms with E-state index >= 15 is 0 Å². The van der Waals surface area contributed by atoms with Crippen LogP contribution in [0, 0.1) is 12.3 Å². The largest absolute Gasteiger partial charge is 0.516 e. The summed E-state index contributed by atoms with van der Waals surface area (Å²) in [5.41, 5.74) is 7.65. The van der Waals surface area contributed by atoms with Gasteiger partial charge in [-0.3, -0.25) is 10.2 Å². The van der Waals surface area contributed by atoms with Crippen LogP contribution in [0.5, 0.6) is 5.75 Å². The zero-order valence-electron chi connectivity index (χ0n) is 21.0. The lowest BCUT2D eigenvalue weighted by atomic mass is 10.0. The number of esters is 2. The number of nitrogens with two attached hydrogens (primary N) is 1. The summed E-state index contributed by atoms with van der Waals surface area (Å²) in [5, 5.41) is 9.96. The van der Waals surface area contributed by atoms with Crippen molar-refractivity contribution in [3.8, 4) is 5.75 Å². The maximum Gasteiger partial charge on any atom is 0.516 e. The van der Waals surface area contributed by atoms with Crippen molar-refractivity contribution in [3.63, 3.8) is 0 Å². The molecule has 196 valence electrons. The van der Waals surface area contributed by atoms with Gasteiger partial charge in [-0.15, -0.1) is 0 Å². The van der Waals surface area contributed by atoms with Crippen LogP contribution >= 0.6 is 0 Å². The van der Waals surface area contributed by atoms with Gasteiger partial charge in [0.1, 0.15) is 17.6 Å². The minimum atomic E-state index is -1.11. The lowest BCUT2D eigenvalue weighted by Gasteiger charge is -2.15. The van der Waals surface area contributed by atoms with Gasteiger partial charge in [0.05, 0.1) is 12.2 Å². The number of nitrogens with one attached hydrogen (secondary N) is 2. The van der Waals surface area contributed by atoms with Gasteiger partial charge in [-0.05, 0) is 73.9 Å². The minimum Gasteiger partial charge on any atom is -0.434 e. The van der Waals surface area contributed by atoms with Crippen LogP contribution in [0.1, 0.15) is 60.2 Å². The Labute approximate surface area is 215 Å². The number of aryl methyl sites for hydroxylation is 1. The first-order valence-corrected chi connectivity index (χ1v) is 11.8. The van der Waals surface area contributed by atoms with E-state index in [9.17, 15) is 19.2 Å². The van der Waals surface area contributed by atoms with Gasteiger partial charge in [-0.2, -0.15) is 0 Å². The van der Waals surface area contributed by atoms with Gasteiger partial charge < -0.3 is 25.3 Å². The van der Waals surface area contributed by atoms with Crippen molar-refractivity contribution in [2.45, 2.75) is 46.1 Å². The Bertz CT molecular complexity index is 1170. The van der Waals surface area contributed by atoms with Gasteiger partial charge in [0.15, 0.2) is 0 Å². The van der Waals surface area contributed by atoms with Crippen molar-refractivity contribution in [1.29, 1.82) is 5.41 Å². The van der Waals surface area contributed by atoms with E-state index in [0.717, 1.165) is 12.0 Å². The first-order valence-electron chi connectivity index (χ1n) is 11.8. The highest BCUT2D eigenvalue weighted by molar-refractivity contribution is 5.97. The third kappa shape index (κ3) is 9.25. The predicted octanol–water partition coefficient (Wildman–Crippen LogP) is 3.89. The number of hydrogen-bond donors (Lipinski definition) is 3. The number of benzene rings is 2. The number of amidine groups is 1. The normalized spacial score (nSPS) is 11.4. The molecule has 0 aromatic heterocycles. The molecule has 37 heavy (non-hydrogen) atoms. The molecule has 2 aromatic rings. The van der Waals surface area contributed by atoms with Crippen LogP contribution < -0.4 is 15.8 Å². The summed E-state index contributed by atoms with van der Waals surface area (Å²) < 4.78 is 14.6. The number of rotatable bonds is 11. The molecule has 0 radical (unpaired) electrons. The van der Waals surface area contributed by atoms with Crippen LogP contribution in [0.15, 0.2) is 48.5 Å². The highest BCUT2D eigenvalue weighted by Crippen LogP contribution is 2.17. The SMILES string of the molecule is CCCCC(NC(=O)/C=C/c1ccc(C(=O)Oc2ccc(C(=N)N)cc2)cc1C)C(=O)OC(=O)OCC. The lowest BCUT2D eigenvalue weighted by molar-refractivity contribution is -0.144. The molecule has 0 aliphatic heterocycles. The van der Waals surface area contributed by atoms with E-state index in [4.69, 9.17) is 15.9 Å². The summed E-state index contributed by atoms with van der Waals surface area (Å²) >= 11 is 0. The average Bonchev–Trinajstić information content (AvgIpc) is 2.86. The fourth-order valence-electron chi connectivity index (χ4n) is 3.20. The van der Waals surface area contributed by atoms with E-state index in [2.05, 4.69) is 14.8 Å². The molecular weight excluding hydrogens is 478 g/mol. The average molecular weight is 510 g/mol. The number of amides is 1. The van der Waals surface area contributed by atoms with E-state index < -0.39 is 30.0 Å². The summed E-state index contributed by atoms with van der Waals surface area (Å²) in [6.45, 7) is 5.35. The van der Waals surface area contributed by atoms with Gasteiger partial charge in [0, 0.05) is 11.6 Å². The molecule has 0 bridgehead atoms. The van der Waals surface area contributed by atoms with Crippen LogP contribution in [0.3, 0.4) is 0 Å². The van der Waals surface area contributed by atoms with Crippen molar-refractivity contribution in [3.05, 3.63) is 70.8 Å². The molecule has 0 heterocycles. The van der Waals surface area contributed by atoms with Gasteiger partial charge in [0.2, 0.25) is 5.91 Å². The highest BCUT2D eigenvalue weighted by atomic mass is 16.7. The Balaban J connectivity index is 2.02. The van der Waals surface area contributed by atoms with Gasteiger partial charge in [-0.1, -0.05) is 25.8 Å². The van der Waals surface area contributed by atoms with Crippen LogP contribution in [-0.4, -0.2) is 42.5 Å². The molecule has 1 unspecified atom stereocenters. The molecule has 0 spiro atoms. The van der Waals surface area contributed by atoms with Crippen LogP contribution in [0.2, 0.25) is 0 Å². The highest BCUT2D eigenvalue weighted by Gasteiger charge is 2.24. The summed E-state index contributed by atoms with van der Waals surface area (Å²) in [4.78, 5) is 48.6. The Morgan fingerprint density at radius 2 is 1.73 bits per heavy atom. The number of ether oxygens (including phenoxy) is 3. The molecule has 2 aromatic carbocycles. The van der Waals surface area contributed by atoms with Gasteiger partial charge >= 0.3 is 18.1 Å². The molecule has 4 N–H and O–H groups in total. The number of carbonyl (C=O) groups excluding carboxylic acids is 4. The molecule has 2 rings (SSSR count). The van der Waals surface area contributed by atoms with Crippen molar-refractivity contribution in [2.24, 2.45) is 5.73 Å². The summed E-state index contributed by atoms with van der Waals surface area (Å²) in [7, 11) is 0. The Hall–Kier alpha value is -4.47. The fraction of sp³-hybridized carbons (Fsp3) is 0.296. The number of nitrogen functional groups attached to an aromatic ring is 1. The summed E-state index contributed by atoms with van der Waals surface area (Å²) in [6, 6.07) is 10.1. The van der Waals surface area contributed by atoms with Crippen molar-refractivity contribution < 1.29 is 33.4 Å². The monoisotopic (exact) mass is 509 g/mol. The summed E-state index contributed by atoms with van der Waals surface area (Å²) in [5.74, 6) is -1.76. The lowest BCUT2D eigenvalue weighted by Crippen LogP contribution is -2.42. The predicted molar refractivity (Wildman–Crippen MR) is 137 cm³/mol. The third-order valence-electron chi connectivity index (χ3n) is 5.19. The molecule has 0 aliphatic carbocycles. The van der Waals surface area contributed by atoms with Crippen molar-refractivity contribution >= 4 is 35.9 Å². The molecule has 0 saturated carbocycles. The van der Waals surface area contributed by atoms with E-state index in [1.165, 1.54) is 6.08 Å². The Morgan fingerprint density at radius 1 is 1.05 bits per heavy atom. The zero-order valence-corrected chi connectivity index (χ0v) is 21.0. The molecule has 0 fully saturated rings. The Kier molecular flexibility index (Phi) is 11.0. The topological polar surface area (TPSA) is 158 Å². The molecular formula is C27H31N3O7. The van der Waals surface area contributed by atoms with E-state index in [1.54, 1.807) is 62.4 Å². The molecule has 10 nitrogen and oxygen atoms in total. The van der Waals surface area contributed by atoms with Gasteiger partial charge in [-0.25, -0.2) is 14.4 Å². The second kappa shape index (κ2) is 14.2. The maximum atomic E-state index is 12.5. The minimum absolute atomic E-state index is 0.0604.